The summed E-state index contributed by atoms with van der Waals surface area (Å²) >= 11 is 0. The Balaban J connectivity index is 1.69. The molecule has 3 aromatic rings. The van der Waals surface area contributed by atoms with Gasteiger partial charge in [-0.15, -0.1) is 0 Å². The summed E-state index contributed by atoms with van der Waals surface area (Å²) < 4.78 is 22.1. The fourth-order valence-corrected chi connectivity index (χ4v) is 4.98. The third-order valence-corrected chi connectivity index (χ3v) is 7.38. The molecule has 0 N–H and O–H groups in total. The molecule has 0 radical (unpaired) electrons. The molecule has 3 rings (SSSR count). The Bertz CT molecular complexity index is 1410. The van der Waals surface area contributed by atoms with Crippen LogP contribution in [-0.4, -0.2) is 75.1 Å². The minimum atomic E-state index is -0.687. The zero-order chi connectivity index (χ0) is 34.2. The van der Waals surface area contributed by atoms with Crippen molar-refractivity contribution < 1.29 is 28.5 Å². The molecule has 0 saturated heterocycles. The van der Waals surface area contributed by atoms with E-state index in [0.29, 0.717) is 31.3 Å². The number of likely N-dealkylation sites (N-methyl/N-ethyl adjacent to an activating group) is 1. The van der Waals surface area contributed by atoms with E-state index in [9.17, 15) is 9.59 Å². The highest BCUT2D eigenvalue weighted by Gasteiger charge is 2.19. The summed E-state index contributed by atoms with van der Waals surface area (Å²) in [6.07, 6.45) is 3.83. The predicted octanol–water partition coefficient (Wildman–Crippen LogP) is 8.94. The van der Waals surface area contributed by atoms with E-state index in [1.54, 1.807) is 19.2 Å². The first-order valence-corrected chi connectivity index (χ1v) is 16.5. The SMILES string of the molecule is CCC(=C(c1ccc(OCCN(C)C(=O)OC(C)(C)C)cc1)c1ccc(OC(=O)OCCCCCCN(C)C)cc1)c1ccccc1. The number of hydrogen-bond acceptors (Lipinski definition) is 7. The predicted molar refractivity (Wildman–Crippen MR) is 189 cm³/mol. The molecular formula is C39H52N2O6. The van der Waals surface area contributed by atoms with Crippen molar-refractivity contribution in [1.29, 1.82) is 0 Å². The minimum absolute atomic E-state index is 0.336. The molecule has 8 heteroatoms. The minimum Gasteiger partial charge on any atom is -0.492 e. The Labute approximate surface area is 281 Å². The number of carbonyl (C=O) groups is 2. The fraction of sp³-hybridized carbons (Fsp3) is 0.436. The van der Waals surface area contributed by atoms with Gasteiger partial charge in [-0.2, -0.15) is 0 Å². The summed E-state index contributed by atoms with van der Waals surface area (Å²) in [6, 6.07) is 25.8. The van der Waals surface area contributed by atoms with Gasteiger partial charge in [0, 0.05) is 7.05 Å². The first-order chi connectivity index (χ1) is 22.5. The van der Waals surface area contributed by atoms with Gasteiger partial charge in [0.1, 0.15) is 23.7 Å². The molecular weight excluding hydrogens is 592 g/mol. The lowest BCUT2D eigenvalue weighted by molar-refractivity contribution is 0.0278. The molecule has 0 atom stereocenters. The van der Waals surface area contributed by atoms with Crippen LogP contribution in [0.1, 0.15) is 76.5 Å². The second kappa shape index (κ2) is 18.7. The van der Waals surface area contributed by atoms with Gasteiger partial charge in [0.2, 0.25) is 0 Å². The normalized spacial score (nSPS) is 11.9. The maximum absolute atomic E-state index is 12.3. The molecule has 0 aliphatic carbocycles. The van der Waals surface area contributed by atoms with E-state index in [4.69, 9.17) is 18.9 Å². The van der Waals surface area contributed by atoms with E-state index in [-0.39, 0.29) is 6.09 Å². The Morgan fingerprint density at radius 1 is 0.681 bits per heavy atom. The van der Waals surface area contributed by atoms with E-state index in [2.05, 4.69) is 38.1 Å². The molecule has 0 fully saturated rings. The monoisotopic (exact) mass is 644 g/mol. The van der Waals surface area contributed by atoms with Crippen LogP contribution < -0.4 is 9.47 Å². The average Bonchev–Trinajstić information content (AvgIpc) is 3.03. The van der Waals surface area contributed by atoms with Gasteiger partial charge in [0.15, 0.2) is 0 Å². The zero-order valence-electron chi connectivity index (χ0n) is 29.2. The maximum Gasteiger partial charge on any atom is 0.513 e. The Morgan fingerprint density at radius 2 is 1.28 bits per heavy atom. The van der Waals surface area contributed by atoms with Gasteiger partial charge in [0.05, 0.1) is 13.2 Å². The maximum atomic E-state index is 12.3. The van der Waals surface area contributed by atoms with Crippen molar-refractivity contribution in [3.63, 3.8) is 0 Å². The van der Waals surface area contributed by atoms with Crippen molar-refractivity contribution in [2.45, 2.75) is 65.4 Å². The first kappa shape index (κ1) is 37.2. The summed E-state index contributed by atoms with van der Waals surface area (Å²) in [5, 5.41) is 0. The van der Waals surface area contributed by atoms with Crippen LogP contribution in [0.15, 0.2) is 78.9 Å². The number of allylic oxidation sites excluding steroid dienone is 1. The lowest BCUT2D eigenvalue weighted by atomic mass is 9.88. The highest BCUT2D eigenvalue weighted by Crippen LogP contribution is 2.35. The molecule has 8 nitrogen and oxygen atoms in total. The molecule has 0 heterocycles. The summed E-state index contributed by atoms with van der Waals surface area (Å²) in [5.41, 5.74) is 4.89. The van der Waals surface area contributed by atoms with Gasteiger partial charge in [-0.3, -0.25) is 0 Å². The van der Waals surface area contributed by atoms with Gasteiger partial charge < -0.3 is 28.7 Å². The number of amides is 1. The van der Waals surface area contributed by atoms with Crippen LogP contribution in [0.3, 0.4) is 0 Å². The first-order valence-electron chi connectivity index (χ1n) is 16.5. The summed E-state index contributed by atoms with van der Waals surface area (Å²) in [4.78, 5) is 28.2. The molecule has 254 valence electrons. The third-order valence-electron chi connectivity index (χ3n) is 7.38. The third kappa shape index (κ3) is 13.1. The van der Waals surface area contributed by atoms with Crippen LogP contribution >= 0.6 is 0 Å². The lowest BCUT2D eigenvalue weighted by Crippen LogP contribution is -2.36. The standard InChI is InChI=1S/C39H52N2O6/c1-8-35(30-16-12-11-13-17-30)36(31-18-22-33(23-19-31)44-29-27-41(7)37(42)47-39(2,3)4)32-20-24-34(25-21-32)46-38(43)45-28-15-10-9-14-26-40(5)6/h11-13,16-25H,8-10,14-15,26-29H2,1-7H3. The van der Waals surface area contributed by atoms with Crippen LogP contribution in [0.4, 0.5) is 9.59 Å². The Kier molecular flexibility index (Phi) is 14.8. The van der Waals surface area contributed by atoms with Crippen LogP contribution in [0.25, 0.3) is 11.1 Å². The van der Waals surface area contributed by atoms with Gasteiger partial charge in [-0.25, -0.2) is 9.59 Å². The van der Waals surface area contributed by atoms with E-state index < -0.39 is 11.8 Å². The number of rotatable bonds is 16. The lowest BCUT2D eigenvalue weighted by Gasteiger charge is -2.24. The van der Waals surface area contributed by atoms with E-state index >= 15 is 0 Å². The summed E-state index contributed by atoms with van der Waals surface area (Å²) in [5.74, 6) is 1.14. The van der Waals surface area contributed by atoms with Crippen molar-refractivity contribution in [2.24, 2.45) is 0 Å². The molecule has 1 amide bonds. The second-order valence-corrected chi connectivity index (χ2v) is 12.8. The Hall–Kier alpha value is -4.30. The fourth-order valence-electron chi connectivity index (χ4n) is 4.98. The number of benzene rings is 3. The largest absolute Gasteiger partial charge is 0.513 e. The number of unbranched alkanes of at least 4 members (excludes halogenated alkanes) is 3. The second-order valence-electron chi connectivity index (χ2n) is 12.8. The quantitative estimate of drug-likeness (QED) is 0.0667. The summed E-state index contributed by atoms with van der Waals surface area (Å²) in [6.45, 7) is 9.83. The van der Waals surface area contributed by atoms with Crippen LogP contribution in [-0.2, 0) is 9.47 Å². The van der Waals surface area contributed by atoms with Gasteiger partial charge in [-0.1, -0.05) is 74.4 Å². The molecule has 0 aromatic heterocycles. The Morgan fingerprint density at radius 3 is 1.85 bits per heavy atom. The molecule has 0 aliphatic heterocycles. The topological polar surface area (TPSA) is 77.5 Å². The molecule has 3 aromatic carbocycles. The van der Waals surface area contributed by atoms with Crippen molar-refractivity contribution in [3.05, 3.63) is 95.6 Å². The van der Waals surface area contributed by atoms with Crippen LogP contribution in [0.2, 0.25) is 0 Å². The van der Waals surface area contributed by atoms with E-state index in [1.807, 2.05) is 75.4 Å². The van der Waals surface area contributed by atoms with Gasteiger partial charge in [-0.05, 0) is 113 Å². The molecule has 0 spiro atoms. The molecule has 47 heavy (non-hydrogen) atoms. The molecule has 0 aliphatic rings. The van der Waals surface area contributed by atoms with Crippen molar-refractivity contribution in [3.8, 4) is 11.5 Å². The number of carbonyl (C=O) groups excluding carboxylic acids is 2. The van der Waals surface area contributed by atoms with Crippen LogP contribution in [0, 0.1) is 0 Å². The zero-order valence-corrected chi connectivity index (χ0v) is 29.2. The number of hydrogen-bond donors (Lipinski definition) is 0. The van der Waals surface area contributed by atoms with E-state index in [0.717, 1.165) is 60.9 Å². The van der Waals surface area contributed by atoms with Crippen molar-refractivity contribution >= 4 is 23.4 Å². The van der Waals surface area contributed by atoms with Crippen molar-refractivity contribution in [1.82, 2.24) is 9.80 Å². The molecule has 0 bridgehead atoms. The highest BCUT2D eigenvalue weighted by molar-refractivity contribution is 5.98. The molecule has 0 saturated carbocycles. The van der Waals surface area contributed by atoms with E-state index in [1.165, 1.54) is 10.5 Å². The van der Waals surface area contributed by atoms with Crippen molar-refractivity contribution in [2.75, 3.05) is 47.4 Å². The number of nitrogens with zero attached hydrogens (tertiary/aromatic N) is 2. The average molecular weight is 645 g/mol. The smallest absolute Gasteiger partial charge is 0.492 e. The van der Waals surface area contributed by atoms with Gasteiger partial charge in [0.25, 0.3) is 0 Å². The van der Waals surface area contributed by atoms with Crippen LogP contribution in [0.5, 0.6) is 11.5 Å². The highest BCUT2D eigenvalue weighted by atomic mass is 16.7. The molecule has 0 unspecified atom stereocenters. The van der Waals surface area contributed by atoms with Gasteiger partial charge >= 0.3 is 12.2 Å². The summed E-state index contributed by atoms with van der Waals surface area (Å²) in [7, 11) is 5.84. The number of ether oxygens (including phenoxy) is 4.